The van der Waals surface area contributed by atoms with Crippen LogP contribution >= 0.6 is 11.8 Å². The molecular weight excluding hydrogens is 438 g/mol. The summed E-state index contributed by atoms with van der Waals surface area (Å²) in [6.07, 6.45) is 5.38. The van der Waals surface area contributed by atoms with Crippen LogP contribution in [0.3, 0.4) is 0 Å². The van der Waals surface area contributed by atoms with Crippen LogP contribution in [0, 0.1) is 0 Å². The zero-order valence-corrected chi connectivity index (χ0v) is 18.4. The van der Waals surface area contributed by atoms with E-state index in [1.807, 2.05) is 0 Å². The minimum absolute atomic E-state index is 0.0819. The normalized spacial score (nSPS) is 15.5. The van der Waals surface area contributed by atoms with Gasteiger partial charge in [0.25, 0.3) is 0 Å². The first kappa shape index (κ1) is 21.6. The first-order valence-corrected chi connectivity index (χ1v) is 12.4. The number of furan rings is 1. The molecule has 0 aliphatic carbocycles. The lowest BCUT2D eigenvalue weighted by Crippen LogP contribution is -2.32. The molecule has 1 aromatic carbocycles. The van der Waals surface area contributed by atoms with E-state index >= 15 is 0 Å². The van der Waals surface area contributed by atoms with Crippen LogP contribution in [0.4, 0.5) is 5.69 Å². The molecule has 4 rings (SSSR count). The summed E-state index contributed by atoms with van der Waals surface area (Å²) in [5.41, 5.74) is 0.438. The Morgan fingerprint density at radius 1 is 1.16 bits per heavy atom. The summed E-state index contributed by atoms with van der Waals surface area (Å²) in [6, 6.07) is 9.89. The lowest BCUT2D eigenvalue weighted by atomic mass is 10.2. The summed E-state index contributed by atoms with van der Waals surface area (Å²) in [5, 5.41) is 9.98. The Balaban J connectivity index is 1.36. The van der Waals surface area contributed by atoms with E-state index in [1.54, 1.807) is 36.6 Å². The number of rotatable bonds is 7. The van der Waals surface area contributed by atoms with Crippen LogP contribution < -0.4 is 5.32 Å². The van der Waals surface area contributed by atoms with E-state index < -0.39 is 10.0 Å². The van der Waals surface area contributed by atoms with Gasteiger partial charge in [-0.15, -0.1) is 5.10 Å². The first-order chi connectivity index (χ1) is 15.0. The molecule has 11 heteroatoms. The van der Waals surface area contributed by atoms with Gasteiger partial charge in [0, 0.05) is 18.8 Å². The van der Waals surface area contributed by atoms with Crippen molar-refractivity contribution in [2.75, 3.05) is 24.2 Å². The largest absolute Gasteiger partial charge is 0.461 e. The Morgan fingerprint density at radius 3 is 2.71 bits per heavy atom. The maximum absolute atomic E-state index is 13.0. The fraction of sp³-hybridized carbons (Fsp3) is 0.350. The number of hydrogen-bond donors (Lipinski definition) is 2. The van der Waals surface area contributed by atoms with E-state index in [4.69, 9.17) is 4.42 Å². The summed E-state index contributed by atoms with van der Waals surface area (Å²) >= 11 is 1.17. The van der Waals surface area contributed by atoms with Gasteiger partial charge in [-0.3, -0.25) is 9.89 Å². The fourth-order valence-corrected chi connectivity index (χ4v) is 5.49. The van der Waals surface area contributed by atoms with Crippen LogP contribution in [0.2, 0.25) is 0 Å². The molecule has 9 nitrogen and oxygen atoms in total. The number of thioether (sulfide) groups is 1. The third kappa shape index (κ3) is 5.35. The summed E-state index contributed by atoms with van der Waals surface area (Å²) in [7, 11) is -3.57. The van der Waals surface area contributed by atoms with Crippen LogP contribution in [-0.4, -0.2) is 52.7 Å². The van der Waals surface area contributed by atoms with Crippen LogP contribution in [0.15, 0.2) is 57.1 Å². The Hall–Kier alpha value is -2.63. The molecule has 0 spiro atoms. The molecule has 1 amide bonds. The number of nitrogens with zero attached hydrogens (tertiary/aromatic N) is 3. The van der Waals surface area contributed by atoms with Crippen LogP contribution in [-0.2, 0) is 14.8 Å². The van der Waals surface area contributed by atoms with Gasteiger partial charge in [-0.2, -0.15) is 9.29 Å². The quantitative estimate of drug-likeness (QED) is 0.518. The predicted octanol–water partition coefficient (Wildman–Crippen LogP) is 3.36. The number of benzene rings is 1. The van der Waals surface area contributed by atoms with Crippen molar-refractivity contribution >= 4 is 33.4 Å². The summed E-state index contributed by atoms with van der Waals surface area (Å²) in [4.78, 5) is 16.8. The lowest BCUT2D eigenvalue weighted by molar-refractivity contribution is -0.113. The third-order valence-corrected chi connectivity index (χ3v) is 7.61. The van der Waals surface area contributed by atoms with E-state index in [9.17, 15) is 13.2 Å². The Kier molecular flexibility index (Phi) is 6.73. The van der Waals surface area contributed by atoms with Gasteiger partial charge in [0.05, 0.1) is 16.9 Å². The number of hydrogen-bond acceptors (Lipinski definition) is 7. The number of H-pyrrole nitrogens is 1. The molecule has 0 bridgehead atoms. The van der Waals surface area contributed by atoms with E-state index in [-0.39, 0.29) is 16.6 Å². The highest BCUT2D eigenvalue weighted by atomic mass is 32.2. The number of amides is 1. The van der Waals surface area contributed by atoms with Crippen molar-refractivity contribution in [3.63, 3.8) is 0 Å². The third-order valence-electron chi connectivity index (χ3n) is 4.87. The molecule has 164 valence electrons. The fourth-order valence-electron chi connectivity index (χ4n) is 3.33. The van der Waals surface area contributed by atoms with Gasteiger partial charge in [0.1, 0.15) is 0 Å². The Morgan fingerprint density at radius 2 is 1.97 bits per heavy atom. The van der Waals surface area contributed by atoms with Crippen molar-refractivity contribution in [1.29, 1.82) is 0 Å². The number of aromatic nitrogens is 3. The second-order valence-electron chi connectivity index (χ2n) is 7.13. The van der Waals surface area contributed by atoms with Gasteiger partial charge in [-0.05, 0) is 43.2 Å². The average molecular weight is 462 g/mol. The van der Waals surface area contributed by atoms with Gasteiger partial charge < -0.3 is 9.73 Å². The van der Waals surface area contributed by atoms with Crippen molar-refractivity contribution in [1.82, 2.24) is 19.5 Å². The molecule has 31 heavy (non-hydrogen) atoms. The summed E-state index contributed by atoms with van der Waals surface area (Å²) in [6.45, 7) is 1.07. The van der Waals surface area contributed by atoms with Crippen molar-refractivity contribution < 1.29 is 17.6 Å². The first-order valence-electron chi connectivity index (χ1n) is 10.0. The van der Waals surface area contributed by atoms with E-state index in [1.165, 1.54) is 22.1 Å². The van der Waals surface area contributed by atoms with Gasteiger partial charge in [0.15, 0.2) is 11.6 Å². The Bertz CT molecular complexity index is 1120. The van der Waals surface area contributed by atoms with E-state index in [0.29, 0.717) is 35.5 Å². The zero-order valence-electron chi connectivity index (χ0n) is 16.8. The molecule has 1 aliphatic heterocycles. The highest BCUT2D eigenvalue weighted by Gasteiger charge is 2.25. The summed E-state index contributed by atoms with van der Waals surface area (Å²) < 4.78 is 32.7. The number of carbonyl (C=O) groups is 1. The van der Waals surface area contributed by atoms with E-state index in [0.717, 1.165) is 25.7 Å². The highest BCUT2D eigenvalue weighted by Crippen LogP contribution is 2.23. The maximum Gasteiger partial charge on any atom is 0.243 e. The van der Waals surface area contributed by atoms with Crippen molar-refractivity contribution in [3.8, 4) is 11.6 Å². The monoisotopic (exact) mass is 461 g/mol. The molecule has 1 fully saturated rings. The molecule has 2 N–H and O–H groups in total. The molecule has 0 atom stereocenters. The number of sulfonamides is 1. The minimum atomic E-state index is -3.57. The standard InChI is InChI=1S/C20H23N5O4S2/c26-18(14-30-20-22-19(23-24-20)17-9-6-12-29-17)21-15-7-5-8-16(13-15)31(27,28)25-10-3-1-2-4-11-25/h5-9,12-13H,1-4,10-11,14H2,(H,21,26)(H,22,23,24). The molecule has 1 aliphatic rings. The van der Waals surface area contributed by atoms with Gasteiger partial charge >= 0.3 is 0 Å². The van der Waals surface area contributed by atoms with Crippen molar-refractivity contribution in [3.05, 3.63) is 42.7 Å². The highest BCUT2D eigenvalue weighted by molar-refractivity contribution is 7.99. The number of aromatic amines is 1. The predicted molar refractivity (Wildman–Crippen MR) is 117 cm³/mol. The second-order valence-corrected chi connectivity index (χ2v) is 10.0. The zero-order chi connectivity index (χ0) is 21.7. The lowest BCUT2D eigenvalue weighted by Gasteiger charge is -2.20. The number of nitrogens with one attached hydrogen (secondary N) is 2. The molecule has 3 heterocycles. The molecule has 1 saturated heterocycles. The number of carbonyl (C=O) groups excluding carboxylic acids is 1. The van der Waals surface area contributed by atoms with Crippen LogP contribution in [0.5, 0.6) is 0 Å². The Labute approximate surface area is 184 Å². The molecule has 3 aromatic rings. The minimum Gasteiger partial charge on any atom is -0.461 e. The molecule has 0 unspecified atom stereocenters. The van der Waals surface area contributed by atoms with Gasteiger partial charge in [0.2, 0.25) is 21.1 Å². The number of anilines is 1. The molecule has 0 saturated carbocycles. The maximum atomic E-state index is 13.0. The molecule has 2 aromatic heterocycles. The van der Waals surface area contributed by atoms with Crippen molar-refractivity contribution in [2.24, 2.45) is 0 Å². The van der Waals surface area contributed by atoms with Gasteiger partial charge in [-0.25, -0.2) is 8.42 Å². The molecule has 0 radical (unpaired) electrons. The van der Waals surface area contributed by atoms with Crippen LogP contribution in [0.25, 0.3) is 11.6 Å². The van der Waals surface area contributed by atoms with E-state index in [2.05, 4.69) is 20.5 Å². The van der Waals surface area contributed by atoms with Gasteiger partial charge in [-0.1, -0.05) is 30.7 Å². The summed E-state index contributed by atoms with van der Waals surface area (Å²) in [5.74, 6) is 0.850. The SMILES string of the molecule is O=C(CSc1n[nH]c(-c2ccco2)n1)Nc1cccc(S(=O)(=O)N2CCCCCC2)c1. The van der Waals surface area contributed by atoms with Crippen molar-refractivity contribution in [2.45, 2.75) is 35.7 Å². The average Bonchev–Trinajstić information content (AvgIpc) is 3.38. The second kappa shape index (κ2) is 9.67. The smallest absolute Gasteiger partial charge is 0.243 e. The molecular formula is C20H23N5O4S2. The topological polar surface area (TPSA) is 121 Å². The van der Waals surface area contributed by atoms with Crippen LogP contribution in [0.1, 0.15) is 25.7 Å².